The van der Waals surface area contributed by atoms with Crippen LogP contribution in [0.3, 0.4) is 0 Å². The van der Waals surface area contributed by atoms with E-state index in [-0.39, 0.29) is 11.6 Å². The van der Waals surface area contributed by atoms with Crippen molar-refractivity contribution in [2.75, 3.05) is 18.4 Å². The monoisotopic (exact) mass is 342 g/mol. The SMILES string of the molecule is Fc1cccc(F)c1CN1CCCC(Nc2ccc3[nH]ncc3c2)C1. The van der Waals surface area contributed by atoms with E-state index in [0.717, 1.165) is 42.5 Å². The minimum absolute atomic E-state index is 0.156. The molecule has 4 nitrogen and oxygen atoms in total. The van der Waals surface area contributed by atoms with Gasteiger partial charge in [0.25, 0.3) is 0 Å². The molecule has 1 aliphatic heterocycles. The fourth-order valence-electron chi connectivity index (χ4n) is 3.49. The first kappa shape index (κ1) is 16.0. The molecule has 3 aromatic rings. The van der Waals surface area contributed by atoms with Gasteiger partial charge >= 0.3 is 0 Å². The van der Waals surface area contributed by atoms with Gasteiger partial charge in [0.15, 0.2) is 0 Å². The molecule has 130 valence electrons. The number of likely N-dealkylation sites (tertiary alicyclic amines) is 1. The Morgan fingerprint density at radius 2 is 2.04 bits per heavy atom. The molecule has 4 rings (SSSR count). The van der Waals surface area contributed by atoms with E-state index in [9.17, 15) is 8.78 Å². The molecule has 1 saturated heterocycles. The summed E-state index contributed by atoms with van der Waals surface area (Å²) in [4.78, 5) is 2.11. The molecule has 1 aromatic heterocycles. The lowest BCUT2D eigenvalue weighted by Gasteiger charge is -2.33. The standard InChI is InChI=1S/C19H20F2N4/c20-17-4-1-5-18(21)16(17)12-25-8-2-3-15(11-25)23-14-6-7-19-13(9-14)10-22-24-19/h1,4-7,9-10,15,23H,2-3,8,11-12H2,(H,22,24). The van der Waals surface area contributed by atoms with E-state index in [1.54, 1.807) is 6.20 Å². The molecule has 0 aliphatic carbocycles. The van der Waals surface area contributed by atoms with Crippen LogP contribution in [0.5, 0.6) is 0 Å². The van der Waals surface area contributed by atoms with Gasteiger partial charge in [-0.1, -0.05) is 6.07 Å². The zero-order chi connectivity index (χ0) is 17.2. The largest absolute Gasteiger partial charge is 0.381 e. The van der Waals surface area contributed by atoms with Crippen LogP contribution in [0, 0.1) is 11.6 Å². The van der Waals surface area contributed by atoms with Crippen molar-refractivity contribution in [3.63, 3.8) is 0 Å². The van der Waals surface area contributed by atoms with E-state index in [1.165, 1.54) is 18.2 Å². The molecule has 0 saturated carbocycles. The molecule has 0 spiro atoms. The Morgan fingerprint density at radius 3 is 2.88 bits per heavy atom. The van der Waals surface area contributed by atoms with Crippen molar-refractivity contribution in [2.24, 2.45) is 0 Å². The number of aromatic nitrogens is 2. The lowest BCUT2D eigenvalue weighted by molar-refractivity contribution is 0.203. The number of piperidine rings is 1. The summed E-state index contributed by atoms with van der Waals surface area (Å²) in [5, 5.41) is 11.6. The second-order valence-corrected chi connectivity index (χ2v) is 6.59. The molecular formula is C19H20F2N4. The first-order valence-electron chi connectivity index (χ1n) is 8.54. The highest BCUT2D eigenvalue weighted by Crippen LogP contribution is 2.22. The molecule has 6 heteroatoms. The van der Waals surface area contributed by atoms with Gasteiger partial charge in [0.05, 0.1) is 11.7 Å². The highest BCUT2D eigenvalue weighted by atomic mass is 19.1. The number of nitrogens with zero attached hydrogens (tertiary/aromatic N) is 2. The molecule has 2 heterocycles. The number of benzene rings is 2. The molecule has 0 radical (unpaired) electrons. The number of fused-ring (bicyclic) bond motifs is 1. The van der Waals surface area contributed by atoms with Gasteiger partial charge in [-0.2, -0.15) is 5.10 Å². The van der Waals surface area contributed by atoms with E-state index in [0.29, 0.717) is 6.54 Å². The van der Waals surface area contributed by atoms with Crippen LogP contribution in [0.25, 0.3) is 10.9 Å². The predicted octanol–water partition coefficient (Wildman–Crippen LogP) is 3.92. The Kier molecular flexibility index (Phi) is 4.36. The molecule has 1 fully saturated rings. The number of hydrogen-bond acceptors (Lipinski definition) is 3. The smallest absolute Gasteiger partial charge is 0.130 e. The van der Waals surface area contributed by atoms with Crippen LogP contribution in [0.1, 0.15) is 18.4 Å². The van der Waals surface area contributed by atoms with E-state index < -0.39 is 11.6 Å². The Hall–Kier alpha value is -2.47. The lowest BCUT2D eigenvalue weighted by Crippen LogP contribution is -2.41. The third-order valence-corrected chi connectivity index (χ3v) is 4.76. The number of nitrogens with one attached hydrogen (secondary N) is 2. The van der Waals surface area contributed by atoms with Crippen LogP contribution in [0.4, 0.5) is 14.5 Å². The van der Waals surface area contributed by atoms with E-state index in [1.807, 2.05) is 12.1 Å². The van der Waals surface area contributed by atoms with Gasteiger partial charge in [-0.25, -0.2) is 8.78 Å². The van der Waals surface area contributed by atoms with Crippen LogP contribution in [-0.2, 0) is 6.54 Å². The second kappa shape index (κ2) is 6.80. The average Bonchev–Trinajstić information content (AvgIpc) is 3.06. The zero-order valence-corrected chi connectivity index (χ0v) is 13.8. The number of hydrogen-bond donors (Lipinski definition) is 2. The maximum Gasteiger partial charge on any atom is 0.130 e. The van der Waals surface area contributed by atoms with Crippen LogP contribution < -0.4 is 5.32 Å². The Labute approximate surface area is 144 Å². The molecule has 1 atom stereocenters. The topological polar surface area (TPSA) is 44.0 Å². The van der Waals surface area contributed by atoms with Crippen molar-refractivity contribution < 1.29 is 8.78 Å². The van der Waals surface area contributed by atoms with Crippen LogP contribution in [0.15, 0.2) is 42.6 Å². The van der Waals surface area contributed by atoms with Gasteiger partial charge in [0.1, 0.15) is 11.6 Å². The van der Waals surface area contributed by atoms with E-state index >= 15 is 0 Å². The first-order chi connectivity index (χ1) is 12.2. The fraction of sp³-hybridized carbons (Fsp3) is 0.316. The van der Waals surface area contributed by atoms with Gasteiger partial charge in [-0.05, 0) is 49.7 Å². The van der Waals surface area contributed by atoms with Gasteiger partial charge in [-0.15, -0.1) is 0 Å². The number of aromatic amines is 1. The maximum atomic E-state index is 13.9. The third-order valence-electron chi connectivity index (χ3n) is 4.76. The Morgan fingerprint density at radius 1 is 1.20 bits per heavy atom. The molecule has 0 bridgehead atoms. The highest BCUT2D eigenvalue weighted by Gasteiger charge is 2.22. The number of H-pyrrole nitrogens is 1. The minimum atomic E-state index is -0.472. The van der Waals surface area contributed by atoms with Gasteiger partial charge < -0.3 is 5.32 Å². The number of halogens is 2. The van der Waals surface area contributed by atoms with Crippen LogP contribution in [0.2, 0.25) is 0 Å². The molecular weight excluding hydrogens is 322 g/mol. The van der Waals surface area contributed by atoms with Gasteiger partial charge in [-0.3, -0.25) is 10.00 Å². The molecule has 25 heavy (non-hydrogen) atoms. The number of rotatable bonds is 4. The van der Waals surface area contributed by atoms with Gasteiger partial charge in [0.2, 0.25) is 0 Å². The average molecular weight is 342 g/mol. The summed E-state index contributed by atoms with van der Waals surface area (Å²) < 4.78 is 27.8. The minimum Gasteiger partial charge on any atom is -0.381 e. The molecule has 1 unspecified atom stereocenters. The predicted molar refractivity (Wildman–Crippen MR) is 94.4 cm³/mol. The summed E-state index contributed by atoms with van der Waals surface area (Å²) in [7, 11) is 0. The second-order valence-electron chi connectivity index (χ2n) is 6.59. The maximum absolute atomic E-state index is 13.9. The quantitative estimate of drug-likeness (QED) is 0.755. The molecule has 0 amide bonds. The van der Waals surface area contributed by atoms with Crippen molar-refractivity contribution in [3.8, 4) is 0 Å². The van der Waals surface area contributed by atoms with Gasteiger partial charge in [0, 0.05) is 35.8 Å². The summed E-state index contributed by atoms with van der Waals surface area (Å²) >= 11 is 0. The molecule has 2 aromatic carbocycles. The zero-order valence-electron chi connectivity index (χ0n) is 13.8. The third kappa shape index (κ3) is 3.49. The van der Waals surface area contributed by atoms with E-state index in [2.05, 4.69) is 26.5 Å². The van der Waals surface area contributed by atoms with Crippen molar-refractivity contribution in [1.29, 1.82) is 0 Å². The normalized spacial score (nSPS) is 18.6. The van der Waals surface area contributed by atoms with Crippen LogP contribution in [-0.4, -0.2) is 34.2 Å². The highest BCUT2D eigenvalue weighted by molar-refractivity contribution is 5.81. The van der Waals surface area contributed by atoms with Crippen molar-refractivity contribution in [2.45, 2.75) is 25.4 Å². The first-order valence-corrected chi connectivity index (χ1v) is 8.54. The summed E-state index contributed by atoms with van der Waals surface area (Å²) in [5.41, 5.74) is 2.20. The summed E-state index contributed by atoms with van der Waals surface area (Å²) in [6.07, 6.45) is 3.84. The van der Waals surface area contributed by atoms with Crippen molar-refractivity contribution in [3.05, 3.63) is 59.8 Å². The number of anilines is 1. The molecule has 2 N–H and O–H groups in total. The summed E-state index contributed by atoms with van der Waals surface area (Å²) in [6, 6.07) is 10.4. The fourth-order valence-corrected chi connectivity index (χ4v) is 3.49. The van der Waals surface area contributed by atoms with Crippen LogP contribution >= 0.6 is 0 Å². The molecule has 1 aliphatic rings. The summed E-state index contributed by atoms with van der Waals surface area (Å²) in [5.74, 6) is -0.944. The van der Waals surface area contributed by atoms with E-state index in [4.69, 9.17) is 0 Å². The summed E-state index contributed by atoms with van der Waals surface area (Å²) in [6.45, 7) is 1.92. The Bertz CT molecular complexity index is 856. The Balaban J connectivity index is 1.43. The van der Waals surface area contributed by atoms with Crippen molar-refractivity contribution >= 4 is 16.6 Å². The lowest BCUT2D eigenvalue weighted by atomic mass is 10.0. The van der Waals surface area contributed by atoms with Crippen molar-refractivity contribution in [1.82, 2.24) is 15.1 Å².